The summed E-state index contributed by atoms with van der Waals surface area (Å²) in [7, 11) is 0. The van der Waals surface area contributed by atoms with E-state index in [2.05, 4.69) is 26.2 Å². The molecule has 0 aliphatic heterocycles. The van der Waals surface area contributed by atoms with Crippen LogP contribution >= 0.6 is 15.9 Å². The minimum absolute atomic E-state index is 0.0403. The lowest BCUT2D eigenvalue weighted by Gasteiger charge is -2.31. The minimum Gasteiger partial charge on any atom is -0.393 e. The summed E-state index contributed by atoms with van der Waals surface area (Å²) in [6, 6.07) is 1.42. The highest BCUT2D eigenvalue weighted by atomic mass is 79.9. The highest BCUT2D eigenvalue weighted by molar-refractivity contribution is 9.10. The number of nitrogens with one attached hydrogen (secondary N) is 1. The van der Waals surface area contributed by atoms with E-state index in [1.165, 1.54) is 12.3 Å². The molecule has 0 spiro atoms. The molecule has 17 heavy (non-hydrogen) atoms. The molecule has 1 aromatic rings. The van der Waals surface area contributed by atoms with E-state index in [9.17, 15) is 10.1 Å². The normalized spacial score (nSPS) is 22.9. The number of hydrogen-bond donors (Lipinski definition) is 2. The maximum atomic E-state index is 10.5. The molecule has 7 heteroatoms. The van der Waals surface area contributed by atoms with Crippen LogP contribution < -0.4 is 5.32 Å². The molecule has 1 aliphatic rings. The Morgan fingerprint density at radius 1 is 1.65 bits per heavy atom. The lowest BCUT2D eigenvalue weighted by Crippen LogP contribution is -2.33. The Kier molecular flexibility index (Phi) is 3.58. The summed E-state index contributed by atoms with van der Waals surface area (Å²) in [6.45, 7) is 0.723. The molecular weight excluding hydrogens is 290 g/mol. The predicted molar refractivity (Wildman–Crippen MR) is 65.8 cm³/mol. The first-order chi connectivity index (χ1) is 8.06. The lowest BCUT2D eigenvalue weighted by atomic mass is 9.82. The molecule has 6 nitrogen and oxygen atoms in total. The molecule has 2 N–H and O–H groups in total. The molecule has 1 aliphatic carbocycles. The van der Waals surface area contributed by atoms with Crippen molar-refractivity contribution in [3.63, 3.8) is 0 Å². The number of nitrogens with zero attached hydrogens (tertiary/aromatic N) is 2. The van der Waals surface area contributed by atoms with Crippen molar-refractivity contribution in [3.8, 4) is 0 Å². The Labute approximate surface area is 106 Å². The van der Waals surface area contributed by atoms with E-state index in [1.807, 2.05) is 0 Å². The van der Waals surface area contributed by atoms with Crippen molar-refractivity contribution >= 4 is 27.4 Å². The molecule has 2 rings (SSSR count). The van der Waals surface area contributed by atoms with E-state index in [0.717, 1.165) is 19.4 Å². The Hall–Kier alpha value is -1.21. The molecule has 92 valence electrons. The summed E-state index contributed by atoms with van der Waals surface area (Å²) in [4.78, 5) is 14.0. The number of pyridine rings is 1. The van der Waals surface area contributed by atoms with Crippen molar-refractivity contribution in [1.82, 2.24) is 4.98 Å². The van der Waals surface area contributed by atoms with Gasteiger partial charge in [0, 0.05) is 12.6 Å². The van der Waals surface area contributed by atoms with E-state index in [-0.39, 0.29) is 11.8 Å². The molecule has 0 bridgehead atoms. The maximum absolute atomic E-state index is 10.5. The number of aliphatic hydroxyl groups is 1. The van der Waals surface area contributed by atoms with Crippen LogP contribution in [0.25, 0.3) is 0 Å². The van der Waals surface area contributed by atoms with Crippen molar-refractivity contribution in [2.75, 3.05) is 11.9 Å². The quantitative estimate of drug-likeness (QED) is 0.655. The van der Waals surface area contributed by atoms with Crippen molar-refractivity contribution in [2.45, 2.75) is 18.9 Å². The molecule has 1 fully saturated rings. The Morgan fingerprint density at radius 2 is 2.35 bits per heavy atom. The van der Waals surface area contributed by atoms with Gasteiger partial charge in [-0.2, -0.15) is 0 Å². The average Bonchev–Trinajstić information content (AvgIpc) is 2.24. The fourth-order valence-corrected chi connectivity index (χ4v) is 2.24. The number of nitro groups is 1. The SMILES string of the molecule is O=[N+]([O-])c1cnc(NCC2CC(O)C2)c(Br)c1. The second-order valence-corrected chi connectivity index (χ2v) is 5.01. The average molecular weight is 302 g/mol. The van der Waals surface area contributed by atoms with Gasteiger partial charge in [0.25, 0.3) is 5.69 Å². The van der Waals surface area contributed by atoms with Crippen LogP contribution in [0.3, 0.4) is 0 Å². The van der Waals surface area contributed by atoms with E-state index < -0.39 is 4.92 Å². The second kappa shape index (κ2) is 4.97. The molecule has 1 aromatic heterocycles. The first-order valence-electron chi connectivity index (χ1n) is 5.28. The molecule has 1 saturated carbocycles. The predicted octanol–water partition coefficient (Wildman–Crippen LogP) is 1.94. The van der Waals surface area contributed by atoms with Gasteiger partial charge in [-0.3, -0.25) is 10.1 Å². The standard InChI is InChI=1S/C10H12BrN3O3/c11-9-3-7(14(16)17)5-13-10(9)12-4-6-1-8(15)2-6/h3,5-6,8,15H,1-2,4H2,(H,12,13). The first-order valence-corrected chi connectivity index (χ1v) is 6.07. The van der Waals surface area contributed by atoms with Crippen molar-refractivity contribution < 1.29 is 10.0 Å². The molecule has 0 saturated heterocycles. The third-order valence-electron chi connectivity index (χ3n) is 2.81. The van der Waals surface area contributed by atoms with E-state index in [0.29, 0.717) is 16.2 Å². The van der Waals surface area contributed by atoms with Gasteiger partial charge in [0.1, 0.15) is 12.0 Å². The molecule has 0 atom stereocenters. The van der Waals surface area contributed by atoms with Crippen molar-refractivity contribution in [1.29, 1.82) is 0 Å². The van der Waals surface area contributed by atoms with E-state index >= 15 is 0 Å². The van der Waals surface area contributed by atoms with E-state index in [1.54, 1.807) is 0 Å². The Morgan fingerprint density at radius 3 is 2.88 bits per heavy atom. The number of aliphatic hydroxyl groups excluding tert-OH is 1. The Balaban J connectivity index is 1.94. The largest absolute Gasteiger partial charge is 0.393 e. The molecule has 1 heterocycles. The van der Waals surface area contributed by atoms with Gasteiger partial charge in [-0.15, -0.1) is 0 Å². The highest BCUT2D eigenvalue weighted by Gasteiger charge is 2.26. The summed E-state index contributed by atoms with van der Waals surface area (Å²) >= 11 is 3.24. The Bertz CT molecular complexity index is 435. The van der Waals surface area contributed by atoms with Crippen LogP contribution in [-0.4, -0.2) is 27.7 Å². The van der Waals surface area contributed by atoms with Gasteiger partial charge in [0.15, 0.2) is 0 Å². The third-order valence-corrected chi connectivity index (χ3v) is 3.41. The fourth-order valence-electron chi connectivity index (χ4n) is 1.77. The fraction of sp³-hybridized carbons (Fsp3) is 0.500. The monoisotopic (exact) mass is 301 g/mol. The number of hydrogen-bond acceptors (Lipinski definition) is 5. The number of rotatable bonds is 4. The van der Waals surface area contributed by atoms with Crippen LogP contribution in [0.2, 0.25) is 0 Å². The molecule has 0 amide bonds. The molecule has 0 radical (unpaired) electrons. The number of halogens is 1. The summed E-state index contributed by atoms with van der Waals surface area (Å²) < 4.78 is 0.576. The molecular formula is C10H12BrN3O3. The zero-order chi connectivity index (χ0) is 12.4. The molecule has 0 unspecified atom stereocenters. The summed E-state index contributed by atoms with van der Waals surface area (Å²) in [6.07, 6.45) is 2.66. The molecule has 0 aromatic carbocycles. The van der Waals surface area contributed by atoms with Gasteiger partial charge in [0.05, 0.1) is 15.5 Å². The number of anilines is 1. The third kappa shape index (κ3) is 2.92. The summed E-state index contributed by atoms with van der Waals surface area (Å²) in [5.41, 5.74) is -0.0403. The highest BCUT2D eigenvalue weighted by Crippen LogP contribution is 2.29. The first kappa shape index (κ1) is 12.3. The minimum atomic E-state index is -0.482. The summed E-state index contributed by atoms with van der Waals surface area (Å²) in [5.74, 6) is 1.05. The number of aromatic nitrogens is 1. The van der Waals surface area contributed by atoms with Gasteiger partial charge in [-0.1, -0.05) is 0 Å². The van der Waals surface area contributed by atoms with Gasteiger partial charge in [0.2, 0.25) is 0 Å². The van der Waals surface area contributed by atoms with Gasteiger partial charge >= 0.3 is 0 Å². The van der Waals surface area contributed by atoms with Crippen LogP contribution in [0.1, 0.15) is 12.8 Å². The van der Waals surface area contributed by atoms with E-state index in [4.69, 9.17) is 5.11 Å². The van der Waals surface area contributed by atoms with Crippen LogP contribution in [-0.2, 0) is 0 Å². The maximum Gasteiger partial charge on any atom is 0.288 e. The zero-order valence-corrected chi connectivity index (χ0v) is 10.6. The lowest BCUT2D eigenvalue weighted by molar-refractivity contribution is -0.385. The van der Waals surface area contributed by atoms with Gasteiger partial charge in [-0.05, 0) is 34.7 Å². The van der Waals surface area contributed by atoms with Gasteiger partial charge < -0.3 is 10.4 Å². The van der Waals surface area contributed by atoms with Crippen LogP contribution in [0, 0.1) is 16.0 Å². The van der Waals surface area contributed by atoms with Crippen LogP contribution in [0.4, 0.5) is 11.5 Å². The zero-order valence-electron chi connectivity index (χ0n) is 8.97. The van der Waals surface area contributed by atoms with Crippen LogP contribution in [0.15, 0.2) is 16.7 Å². The second-order valence-electron chi connectivity index (χ2n) is 4.15. The van der Waals surface area contributed by atoms with Crippen molar-refractivity contribution in [3.05, 3.63) is 26.9 Å². The topological polar surface area (TPSA) is 88.3 Å². The van der Waals surface area contributed by atoms with Crippen LogP contribution in [0.5, 0.6) is 0 Å². The summed E-state index contributed by atoms with van der Waals surface area (Å²) in [5, 5.41) is 22.8. The van der Waals surface area contributed by atoms with Crippen molar-refractivity contribution in [2.24, 2.45) is 5.92 Å². The smallest absolute Gasteiger partial charge is 0.288 e. The van der Waals surface area contributed by atoms with Gasteiger partial charge in [-0.25, -0.2) is 4.98 Å².